The van der Waals surface area contributed by atoms with Crippen molar-refractivity contribution >= 4 is 0 Å². The molecule has 1 aromatic carbocycles. The first-order chi connectivity index (χ1) is 13.4. The molecule has 1 aliphatic heterocycles. The molecular formula is C18H13F3N4O3. The van der Waals surface area contributed by atoms with Crippen LogP contribution in [0.2, 0.25) is 0 Å². The van der Waals surface area contributed by atoms with Crippen LogP contribution in [0.4, 0.5) is 13.2 Å². The second-order valence-electron chi connectivity index (χ2n) is 5.90. The van der Waals surface area contributed by atoms with Gasteiger partial charge >= 0.3 is 6.18 Å². The Balaban J connectivity index is 1.43. The van der Waals surface area contributed by atoms with Gasteiger partial charge in [0, 0.05) is 13.0 Å². The summed E-state index contributed by atoms with van der Waals surface area (Å²) in [5.41, 5.74) is 2.93. The normalized spacial score (nSPS) is 16.6. The Morgan fingerprint density at radius 2 is 1.86 bits per heavy atom. The Morgan fingerprint density at radius 3 is 2.46 bits per heavy atom. The molecule has 0 amide bonds. The monoisotopic (exact) mass is 390 g/mol. The maximum absolute atomic E-state index is 12.6. The molecule has 0 fully saturated rings. The quantitative estimate of drug-likeness (QED) is 0.722. The molecule has 0 saturated heterocycles. The number of hydrogen-bond acceptors (Lipinski definition) is 7. The molecule has 7 nitrogen and oxygen atoms in total. The van der Waals surface area contributed by atoms with E-state index in [1.807, 2.05) is 0 Å². The van der Waals surface area contributed by atoms with E-state index in [-0.39, 0.29) is 0 Å². The number of nitrogens with zero attached hydrogens (tertiary/aromatic N) is 3. The first-order valence-electron chi connectivity index (χ1n) is 8.13. The molecule has 10 heteroatoms. The molecule has 2 aromatic heterocycles. The number of aromatic nitrogens is 3. The maximum Gasteiger partial charge on any atom is 0.416 e. The van der Waals surface area contributed by atoms with Crippen LogP contribution >= 0.6 is 0 Å². The third-order valence-corrected chi connectivity index (χ3v) is 3.87. The van der Waals surface area contributed by atoms with E-state index in [1.165, 1.54) is 18.3 Å². The van der Waals surface area contributed by atoms with Crippen molar-refractivity contribution in [1.82, 2.24) is 20.7 Å². The van der Waals surface area contributed by atoms with Gasteiger partial charge in [0.2, 0.25) is 11.8 Å². The number of hydroxylamine groups is 1. The summed E-state index contributed by atoms with van der Waals surface area (Å²) in [4.78, 5) is 9.53. The SMILES string of the molecule is Cc1nnc(-c2ccc(OC3=CC(c4ccc(C(F)(F)F)cc4)ON3)cn2)o1. The summed E-state index contributed by atoms with van der Waals surface area (Å²) in [6.45, 7) is 1.68. The van der Waals surface area contributed by atoms with Gasteiger partial charge in [-0.05, 0) is 29.8 Å². The molecule has 28 heavy (non-hydrogen) atoms. The summed E-state index contributed by atoms with van der Waals surface area (Å²) in [5, 5.41) is 7.62. The number of aryl methyl sites for hydroxylation is 1. The highest BCUT2D eigenvalue weighted by atomic mass is 19.4. The second-order valence-corrected chi connectivity index (χ2v) is 5.90. The molecule has 1 N–H and O–H groups in total. The zero-order valence-electron chi connectivity index (χ0n) is 14.4. The van der Waals surface area contributed by atoms with Gasteiger partial charge in [-0.25, -0.2) is 10.5 Å². The van der Waals surface area contributed by atoms with Crippen molar-refractivity contribution in [1.29, 1.82) is 0 Å². The summed E-state index contributed by atoms with van der Waals surface area (Å²) in [5.74, 6) is 1.46. The Morgan fingerprint density at radius 1 is 1.07 bits per heavy atom. The largest absolute Gasteiger partial charge is 0.438 e. The van der Waals surface area contributed by atoms with Gasteiger partial charge in [0.05, 0.1) is 11.8 Å². The van der Waals surface area contributed by atoms with E-state index in [4.69, 9.17) is 14.0 Å². The van der Waals surface area contributed by atoms with Gasteiger partial charge < -0.3 is 9.15 Å². The van der Waals surface area contributed by atoms with Crippen LogP contribution in [-0.2, 0) is 11.0 Å². The average Bonchev–Trinajstić information content (AvgIpc) is 3.31. The van der Waals surface area contributed by atoms with Crippen LogP contribution in [0, 0.1) is 6.92 Å². The highest BCUT2D eigenvalue weighted by Gasteiger charge is 2.30. The van der Waals surface area contributed by atoms with Crippen LogP contribution in [0.25, 0.3) is 11.6 Å². The lowest BCUT2D eigenvalue weighted by atomic mass is 10.1. The lowest BCUT2D eigenvalue weighted by molar-refractivity contribution is -0.137. The third-order valence-electron chi connectivity index (χ3n) is 3.87. The Hall–Kier alpha value is -3.40. The van der Waals surface area contributed by atoms with E-state index in [1.54, 1.807) is 25.1 Å². The molecule has 0 radical (unpaired) electrons. The zero-order chi connectivity index (χ0) is 19.7. The molecule has 0 spiro atoms. The highest BCUT2D eigenvalue weighted by Crippen LogP contribution is 2.32. The minimum absolute atomic E-state index is 0.299. The van der Waals surface area contributed by atoms with Crippen molar-refractivity contribution in [2.75, 3.05) is 0 Å². The minimum atomic E-state index is -4.38. The molecule has 0 saturated carbocycles. The molecule has 3 heterocycles. The van der Waals surface area contributed by atoms with E-state index in [9.17, 15) is 13.2 Å². The number of hydrogen-bond donors (Lipinski definition) is 1. The van der Waals surface area contributed by atoms with Crippen molar-refractivity contribution in [2.45, 2.75) is 19.2 Å². The van der Waals surface area contributed by atoms with Crippen molar-refractivity contribution in [2.24, 2.45) is 0 Å². The number of pyridine rings is 1. The van der Waals surface area contributed by atoms with Crippen molar-refractivity contribution < 1.29 is 27.2 Å². The summed E-state index contributed by atoms with van der Waals surface area (Å²) >= 11 is 0. The van der Waals surface area contributed by atoms with Gasteiger partial charge in [-0.1, -0.05) is 12.1 Å². The Kier molecular flexibility index (Phi) is 4.47. The van der Waals surface area contributed by atoms with Crippen LogP contribution in [-0.4, -0.2) is 15.2 Å². The number of halogens is 3. The Bertz CT molecular complexity index is 998. The number of ether oxygens (including phenoxy) is 1. The van der Waals surface area contributed by atoms with Gasteiger partial charge in [0.15, 0.2) is 0 Å². The van der Waals surface area contributed by atoms with Gasteiger partial charge in [-0.3, -0.25) is 4.84 Å². The lowest BCUT2D eigenvalue weighted by Crippen LogP contribution is -2.12. The van der Waals surface area contributed by atoms with E-state index in [2.05, 4.69) is 20.7 Å². The number of nitrogens with one attached hydrogen (secondary N) is 1. The summed E-state index contributed by atoms with van der Waals surface area (Å²) < 4.78 is 48.8. The van der Waals surface area contributed by atoms with Crippen LogP contribution < -0.4 is 10.2 Å². The van der Waals surface area contributed by atoms with Crippen LogP contribution in [0.3, 0.4) is 0 Å². The maximum atomic E-state index is 12.6. The van der Waals surface area contributed by atoms with E-state index in [0.717, 1.165) is 12.1 Å². The molecular weight excluding hydrogens is 377 g/mol. The first kappa shape index (κ1) is 18.0. The highest BCUT2D eigenvalue weighted by molar-refractivity contribution is 5.47. The van der Waals surface area contributed by atoms with Gasteiger partial charge in [0.25, 0.3) is 5.89 Å². The Labute approximate surface area is 156 Å². The molecule has 0 aliphatic carbocycles. The fraction of sp³-hybridized carbons (Fsp3) is 0.167. The van der Waals surface area contributed by atoms with E-state index < -0.39 is 17.8 Å². The van der Waals surface area contributed by atoms with Crippen LogP contribution in [0.1, 0.15) is 23.1 Å². The van der Waals surface area contributed by atoms with Crippen molar-refractivity contribution in [3.05, 3.63) is 71.6 Å². The topological polar surface area (TPSA) is 82.3 Å². The number of rotatable bonds is 4. The minimum Gasteiger partial charge on any atom is -0.438 e. The van der Waals surface area contributed by atoms with Crippen molar-refractivity contribution in [3.63, 3.8) is 0 Å². The molecule has 1 atom stereocenters. The second kappa shape index (κ2) is 6.97. The predicted molar refractivity (Wildman–Crippen MR) is 89.4 cm³/mol. The molecule has 3 aromatic rings. The molecule has 1 aliphatic rings. The fourth-order valence-electron chi connectivity index (χ4n) is 2.50. The van der Waals surface area contributed by atoms with Crippen LogP contribution in [0.5, 0.6) is 5.75 Å². The zero-order valence-corrected chi connectivity index (χ0v) is 14.4. The van der Waals surface area contributed by atoms with Gasteiger partial charge in [-0.15, -0.1) is 10.2 Å². The number of benzene rings is 1. The van der Waals surface area contributed by atoms with E-state index >= 15 is 0 Å². The average molecular weight is 390 g/mol. The third kappa shape index (κ3) is 3.81. The summed E-state index contributed by atoms with van der Waals surface area (Å²) in [6, 6.07) is 8.05. The summed E-state index contributed by atoms with van der Waals surface area (Å²) in [7, 11) is 0. The predicted octanol–water partition coefficient (Wildman–Crippen LogP) is 3.96. The van der Waals surface area contributed by atoms with Gasteiger partial charge in [-0.2, -0.15) is 13.2 Å². The lowest BCUT2D eigenvalue weighted by Gasteiger charge is -2.10. The van der Waals surface area contributed by atoms with Crippen LogP contribution in [0.15, 0.2) is 59.0 Å². The van der Waals surface area contributed by atoms with Gasteiger partial charge in [0.1, 0.15) is 17.5 Å². The fourth-order valence-corrected chi connectivity index (χ4v) is 2.50. The van der Waals surface area contributed by atoms with Crippen molar-refractivity contribution in [3.8, 4) is 17.3 Å². The molecule has 4 rings (SSSR count). The number of alkyl halides is 3. The standard InChI is InChI=1S/C18H13F3N4O3/c1-10-23-24-17(26-10)14-7-6-13(9-22-14)27-16-8-15(28-25-16)11-2-4-12(5-3-11)18(19,20)21/h2-9,15,25H,1H3. The first-order valence-corrected chi connectivity index (χ1v) is 8.13. The van der Waals surface area contributed by atoms with E-state index in [0.29, 0.717) is 34.7 Å². The summed E-state index contributed by atoms with van der Waals surface area (Å²) in [6.07, 6.45) is -1.87. The molecule has 0 bridgehead atoms. The molecule has 144 valence electrons. The molecule has 1 unspecified atom stereocenters. The smallest absolute Gasteiger partial charge is 0.416 e.